The molecule has 598 valence electrons. The Bertz CT molecular complexity index is 1370. The Morgan fingerprint density at radius 1 is 0.120 bits per heavy atom. The summed E-state index contributed by atoms with van der Waals surface area (Å²) < 4.78 is 0. The molecule has 0 rings (SSSR count). The van der Waals surface area contributed by atoms with Crippen LogP contribution in [-0.2, 0) is 0 Å². The van der Waals surface area contributed by atoms with E-state index in [0.717, 1.165) is 0 Å². The van der Waals surface area contributed by atoms with Gasteiger partial charge in [0.2, 0.25) is 0 Å². The first-order chi connectivity index (χ1) is 49.9. The lowest BCUT2D eigenvalue weighted by Gasteiger charge is -2.05. The Labute approximate surface area is 637 Å². The Morgan fingerprint density at radius 2 is 0.200 bits per heavy atom. The van der Waals surface area contributed by atoms with Gasteiger partial charge in [0.05, 0.1) is 0 Å². The van der Waals surface area contributed by atoms with Crippen LogP contribution in [-0.4, -0.2) is 0 Å². The maximum atomic E-state index is 3.74. The molecule has 0 radical (unpaired) electrons. The first-order valence-corrected chi connectivity index (χ1v) is 49.2. The van der Waals surface area contributed by atoms with Crippen molar-refractivity contribution < 1.29 is 0 Å². The van der Waals surface area contributed by atoms with Gasteiger partial charge in [0.1, 0.15) is 0 Å². The fourth-order valence-electron chi connectivity index (χ4n) is 16.8. The zero-order chi connectivity index (χ0) is 71.3. The van der Waals surface area contributed by atoms with Crippen molar-refractivity contribution in [2.75, 3.05) is 0 Å². The van der Waals surface area contributed by atoms with E-state index < -0.39 is 0 Å². The Balaban J connectivity index is 3.09. The normalized spacial score (nSPS) is 11.8. The third kappa shape index (κ3) is 97.5. The van der Waals surface area contributed by atoms with Crippen LogP contribution in [0.1, 0.15) is 617 Å². The van der Waals surface area contributed by atoms with Crippen LogP contribution in [0.2, 0.25) is 0 Å². The van der Waals surface area contributed by atoms with Gasteiger partial charge in [-0.2, -0.15) is 0 Å². The van der Waals surface area contributed by atoms with Crippen molar-refractivity contribution in [3.63, 3.8) is 0 Å². The van der Waals surface area contributed by atoms with E-state index in [1.807, 2.05) is 6.08 Å². The molecule has 0 fully saturated rings. The van der Waals surface area contributed by atoms with E-state index in [1.165, 1.54) is 610 Å². The van der Waals surface area contributed by atoms with Crippen LogP contribution in [0.3, 0.4) is 0 Å². The molecule has 0 aliphatic heterocycles. The molecule has 0 amide bonds. The second kappa shape index (κ2) is 98.5. The van der Waals surface area contributed by atoms with Gasteiger partial charge in [-0.15, -0.1) is 0 Å². The lowest BCUT2D eigenvalue weighted by molar-refractivity contribution is 0.505. The van der Waals surface area contributed by atoms with E-state index in [4.69, 9.17) is 0 Å². The summed E-state index contributed by atoms with van der Waals surface area (Å²) >= 11 is 0. The molecular formula is C100H198. The lowest BCUT2D eigenvalue weighted by atomic mass is 10.0. The molecule has 0 bridgehead atoms. The molecule has 0 saturated carbocycles. The topological polar surface area (TPSA) is 0 Å². The van der Waals surface area contributed by atoms with Crippen LogP contribution < -0.4 is 0 Å². The van der Waals surface area contributed by atoms with Crippen molar-refractivity contribution in [3.05, 3.63) is 24.8 Å². The molecule has 0 aromatic carbocycles. The van der Waals surface area contributed by atoms with E-state index in [0.29, 0.717) is 0 Å². The number of hydrogen-bond acceptors (Lipinski definition) is 0. The fourth-order valence-corrected chi connectivity index (χ4v) is 16.8. The Morgan fingerprint density at radius 3 is 0.280 bits per heavy atom. The zero-order valence-corrected chi connectivity index (χ0v) is 70.6. The monoisotopic (exact) mass is 1400 g/mol. The molecule has 0 heteroatoms. The maximum Gasteiger partial charge on any atom is -0.0348 e. The largest absolute Gasteiger partial charge is 0.0991 e. The number of rotatable bonds is 96. The molecule has 0 N–H and O–H groups in total. The van der Waals surface area contributed by atoms with Crippen LogP contribution in [0.5, 0.6) is 0 Å². The van der Waals surface area contributed by atoms with E-state index in [1.54, 1.807) is 0 Å². The molecule has 100 heavy (non-hydrogen) atoms. The van der Waals surface area contributed by atoms with Gasteiger partial charge >= 0.3 is 0 Å². The van der Waals surface area contributed by atoms with Crippen molar-refractivity contribution in [2.45, 2.75) is 617 Å². The second-order valence-corrected chi connectivity index (χ2v) is 34.3. The smallest absolute Gasteiger partial charge is 0.0348 e. The van der Waals surface area contributed by atoms with Crippen molar-refractivity contribution in [2.24, 2.45) is 0 Å². The van der Waals surface area contributed by atoms with E-state index in [2.05, 4.69) is 25.7 Å². The van der Waals surface area contributed by atoms with Crippen molar-refractivity contribution in [3.8, 4) is 0 Å². The Hall–Kier alpha value is -0.520. The highest BCUT2D eigenvalue weighted by Crippen LogP contribution is 2.23. The molecule has 0 aliphatic rings. The minimum atomic E-state index is 1.23. The first-order valence-electron chi connectivity index (χ1n) is 49.2. The molecule has 0 aromatic heterocycles. The van der Waals surface area contributed by atoms with Crippen LogP contribution in [0, 0.1) is 0 Å². The van der Waals surface area contributed by atoms with E-state index in [-0.39, 0.29) is 0 Å². The van der Waals surface area contributed by atoms with E-state index in [9.17, 15) is 0 Å². The third-order valence-electron chi connectivity index (χ3n) is 24.0. The third-order valence-corrected chi connectivity index (χ3v) is 24.0. The summed E-state index contributed by atoms with van der Waals surface area (Å²) in [5.41, 5.74) is 0. The molecule has 0 atom stereocenters. The van der Waals surface area contributed by atoms with Gasteiger partial charge < -0.3 is 0 Å². The summed E-state index contributed by atoms with van der Waals surface area (Å²) in [6, 6.07) is 0. The van der Waals surface area contributed by atoms with Crippen LogP contribution in [0.15, 0.2) is 24.8 Å². The Kier molecular flexibility index (Phi) is 98.0. The predicted octanol–water partition coefficient (Wildman–Crippen LogP) is 38.8. The summed E-state index contributed by atoms with van der Waals surface area (Å²) in [7, 11) is 0. The quantitative estimate of drug-likeness (QED) is 0.0421. The first kappa shape index (κ1) is 99.5. The summed E-state index contributed by atoms with van der Waals surface area (Å²) in [5, 5.41) is 0. The minimum Gasteiger partial charge on any atom is -0.0991 e. The molecule has 0 saturated heterocycles. The fraction of sp³-hybridized carbons (Fsp3) is 0.960. The van der Waals surface area contributed by atoms with Crippen LogP contribution in [0.4, 0.5) is 0 Å². The molecule has 0 aromatic rings. The van der Waals surface area contributed by atoms with E-state index >= 15 is 0 Å². The molecule has 0 nitrogen and oxygen atoms in total. The molecule has 0 heterocycles. The average Bonchev–Trinajstić information content (AvgIpc) is 3.66. The molecular weight excluding hydrogens is 1200 g/mol. The average molecular weight is 1400 g/mol. The van der Waals surface area contributed by atoms with Crippen LogP contribution >= 0.6 is 0 Å². The lowest BCUT2D eigenvalue weighted by Crippen LogP contribution is -1.85. The second-order valence-electron chi connectivity index (χ2n) is 34.3. The highest BCUT2D eigenvalue weighted by molar-refractivity contribution is 4.96. The molecule has 0 spiro atoms. The SMILES string of the molecule is C=CC=CCCCCCCCCCCCCCCCCCCCCCCCCCCCCCCCCCCCCCCCCCCCCCCCCCCCCCCCCCCCCCCCCCCCCCCCCCCCCCCCCCCCCCCCCCCCCCCCC. The molecule has 0 aliphatic carbocycles. The summed E-state index contributed by atoms with van der Waals surface area (Å²) in [6.45, 7) is 6.06. The summed E-state index contributed by atoms with van der Waals surface area (Å²) in [5.74, 6) is 0. The highest BCUT2D eigenvalue weighted by atomic mass is 14.1. The van der Waals surface area contributed by atoms with Crippen LogP contribution in [0.25, 0.3) is 0 Å². The molecule has 0 unspecified atom stereocenters. The van der Waals surface area contributed by atoms with Gasteiger partial charge in [0.25, 0.3) is 0 Å². The van der Waals surface area contributed by atoms with Gasteiger partial charge in [-0.3, -0.25) is 0 Å². The van der Waals surface area contributed by atoms with Gasteiger partial charge in [0.15, 0.2) is 0 Å². The minimum absolute atomic E-state index is 1.23. The summed E-state index contributed by atoms with van der Waals surface area (Å²) in [4.78, 5) is 0. The highest BCUT2D eigenvalue weighted by Gasteiger charge is 2.04. The zero-order valence-electron chi connectivity index (χ0n) is 70.6. The van der Waals surface area contributed by atoms with Crippen molar-refractivity contribution >= 4 is 0 Å². The standard InChI is InChI=1S/C100H198/c1-3-5-7-9-11-13-15-17-19-21-23-25-27-29-31-33-35-37-39-41-43-45-47-49-51-53-55-57-59-61-63-65-67-69-71-73-75-77-79-81-83-85-87-89-91-93-95-97-99-100-98-96-94-92-90-88-86-84-82-80-78-76-74-72-70-68-66-64-62-60-58-56-54-52-50-48-46-44-42-40-38-36-34-32-30-28-26-24-22-20-18-16-14-12-10-8-6-4-2/h3,5,7H,1,4,6,8-100H2,2H3. The van der Waals surface area contributed by atoms with Crippen molar-refractivity contribution in [1.82, 2.24) is 0 Å². The number of unbranched alkanes of at least 4 members (excludes halogenated alkanes) is 94. The predicted molar refractivity (Wildman–Crippen MR) is 464 cm³/mol. The van der Waals surface area contributed by atoms with Gasteiger partial charge in [-0.1, -0.05) is 629 Å². The van der Waals surface area contributed by atoms with Gasteiger partial charge in [0, 0.05) is 0 Å². The number of allylic oxidation sites excluding steroid dienone is 3. The maximum absolute atomic E-state index is 3.74. The summed E-state index contributed by atoms with van der Waals surface area (Å²) in [6.07, 6.45) is 147. The van der Waals surface area contributed by atoms with Crippen molar-refractivity contribution in [1.29, 1.82) is 0 Å². The van der Waals surface area contributed by atoms with Gasteiger partial charge in [-0.05, 0) is 12.8 Å². The van der Waals surface area contributed by atoms with Gasteiger partial charge in [-0.25, -0.2) is 0 Å². The number of hydrogen-bond donors (Lipinski definition) is 0.